The van der Waals surface area contributed by atoms with Crippen molar-refractivity contribution in [2.45, 2.75) is 19.4 Å². The van der Waals surface area contributed by atoms with Crippen LogP contribution in [0.1, 0.15) is 13.3 Å². The van der Waals surface area contributed by atoms with Crippen LogP contribution in [0.5, 0.6) is 0 Å². The minimum atomic E-state index is -0.931. The number of aromatic nitrogens is 2. The molecule has 1 saturated heterocycles. The average molecular weight is 403 g/mol. The van der Waals surface area contributed by atoms with Crippen LogP contribution in [-0.4, -0.2) is 46.8 Å². The van der Waals surface area contributed by atoms with E-state index in [2.05, 4.69) is 24.0 Å². The lowest BCUT2D eigenvalue weighted by Crippen LogP contribution is -2.44. The van der Waals surface area contributed by atoms with Crippen LogP contribution in [0.4, 0.5) is 5.82 Å². The summed E-state index contributed by atoms with van der Waals surface area (Å²) in [5.74, 6) is 0.102. The quantitative estimate of drug-likeness (QED) is 0.667. The number of ether oxygens (including phenoxy) is 1. The van der Waals surface area contributed by atoms with Gasteiger partial charge in [-0.05, 0) is 12.3 Å². The van der Waals surface area contributed by atoms with Gasteiger partial charge < -0.3 is 14.7 Å². The van der Waals surface area contributed by atoms with Crippen molar-refractivity contribution in [3.8, 4) is 22.5 Å². The number of carbonyl (C=O) groups is 1. The highest BCUT2D eigenvalue weighted by Crippen LogP contribution is 2.32. The third-order valence-electron chi connectivity index (χ3n) is 5.43. The summed E-state index contributed by atoms with van der Waals surface area (Å²) in [7, 11) is 0. The van der Waals surface area contributed by atoms with Gasteiger partial charge in [-0.15, -0.1) is 0 Å². The normalized spacial score (nSPS) is 18.9. The van der Waals surface area contributed by atoms with E-state index < -0.39 is 5.97 Å². The summed E-state index contributed by atoms with van der Waals surface area (Å²) in [6, 6.07) is 20.2. The molecule has 6 nitrogen and oxygen atoms in total. The molecule has 2 atom stereocenters. The van der Waals surface area contributed by atoms with Gasteiger partial charge in [0.05, 0.1) is 23.7 Å². The Hall–Kier alpha value is -3.25. The number of rotatable bonds is 6. The highest BCUT2D eigenvalue weighted by Gasteiger charge is 2.28. The van der Waals surface area contributed by atoms with E-state index in [9.17, 15) is 4.79 Å². The maximum atomic E-state index is 10.8. The monoisotopic (exact) mass is 403 g/mol. The smallest absolute Gasteiger partial charge is 0.329 e. The van der Waals surface area contributed by atoms with Crippen molar-refractivity contribution < 1.29 is 14.6 Å². The van der Waals surface area contributed by atoms with Crippen LogP contribution in [-0.2, 0) is 9.53 Å². The van der Waals surface area contributed by atoms with Crippen LogP contribution in [0, 0.1) is 5.92 Å². The number of hydrogen-bond donors (Lipinski definition) is 1. The molecule has 1 N–H and O–H groups in total. The first kappa shape index (κ1) is 20.0. The number of aliphatic carboxylic acids is 1. The number of carboxylic acid groups (broad SMARTS) is 1. The van der Waals surface area contributed by atoms with Crippen LogP contribution in [0.25, 0.3) is 22.5 Å². The molecule has 0 amide bonds. The summed E-state index contributed by atoms with van der Waals surface area (Å²) < 4.78 is 5.55. The van der Waals surface area contributed by atoms with Gasteiger partial charge >= 0.3 is 5.97 Å². The first-order valence-electron chi connectivity index (χ1n) is 10.2. The Kier molecular flexibility index (Phi) is 6.05. The molecule has 3 aromatic rings. The Bertz CT molecular complexity index is 995. The first-order chi connectivity index (χ1) is 14.6. The molecule has 0 saturated carbocycles. The van der Waals surface area contributed by atoms with Gasteiger partial charge in [-0.1, -0.05) is 67.6 Å². The van der Waals surface area contributed by atoms with Crippen molar-refractivity contribution in [1.29, 1.82) is 0 Å². The minimum absolute atomic E-state index is 0.0532. The second-order valence-corrected chi connectivity index (χ2v) is 7.61. The van der Waals surface area contributed by atoms with Crippen molar-refractivity contribution in [1.82, 2.24) is 9.97 Å². The molecule has 2 aromatic carbocycles. The largest absolute Gasteiger partial charge is 0.480 e. The van der Waals surface area contributed by atoms with Crippen molar-refractivity contribution in [3.63, 3.8) is 0 Å². The van der Waals surface area contributed by atoms with Gasteiger partial charge in [0.15, 0.2) is 0 Å². The Labute approximate surface area is 176 Å². The molecular weight excluding hydrogens is 378 g/mol. The molecule has 1 aliphatic rings. The Morgan fingerprint density at radius 1 is 1.07 bits per heavy atom. The number of anilines is 1. The molecule has 4 rings (SSSR count). The highest BCUT2D eigenvalue weighted by atomic mass is 16.5. The summed E-state index contributed by atoms with van der Waals surface area (Å²) in [4.78, 5) is 22.8. The van der Waals surface area contributed by atoms with Crippen LogP contribution < -0.4 is 4.90 Å². The van der Waals surface area contributed by atoms with E-state index in [0.29, 0.717) is 0 Å². The van der Waals surface area contributed by atoms with Gasteiger partial charge in [-0.2, -0.15) is 0 Å². The summed E-state index contributed by atoms with van der Waals surface area (Å²) in [6.07, 6.45) is 2.54. The van der Waals surface area contributed by atoms with Gasteiger partial charge in [0, 0.05) is 24.2 Å². The zero-order valence-corrected chi connectivity index (χ0v) is 16.9. The van der Waals surface area contributed by atoms with Gasteiger partial charge in [-0.25, -0.2) is 9.78 Å². The Morgan fingerprint density at radius 2 is 1.70 bits per heavy atom. The fourth-order valence-corrected chi connectivity index (χ4v) is 3.89. The second kappa shape index (κ2) is 9.05. The van der Waals surface area contributed by atoms with Crippen LogP contribution >= 0.6 is 0 Å². The van der Waals surface area contributed by atoms with Crippen molar-refractivity contribution in [2.75, 3.05) is 24.6 Å². The molecule has 1 fully saturated rings. The van der Waals surface area contributed by atoms with Crippen molar-refractivity contribution in [2.24, 2.45) is 5.92 Å². The van der Waals surface area contributed by atoms with E-state index in [1.54, 1.807) is 0 Å². The standard InChI is InChI=1S/C24H25N3O3/c1-17-15-27(13-12-20(17)30-16-22(28)29)21-14-25-23(18-8-4-2-5-9-18)24(26-21)19-10-6-3-7-11-19/h2-11,14,17,20H,12-13,15-16H2,1H3,(H,28,29). The maximum Gasteiger partial charge on any atom is 0.329 e. The molecular formula is C24H25N3O3. The fourth-order valence-electron chi connectivity index (χ4n) is 3.89. The predicted octanol–water partition coefficient (Wildman–Crippen LogP) is 4.13. The van der Waals surface area contributed by atoms with Gasteiger partial charge in [-0.3, -0.25) is 4.98 Å². The molecule has 30 heavy (non-hydrogen) atoms. The van der Waals surface area contributed by atoms with E-state index in [4.69, 9.17) is 19.8 Å². The molecule has 154 valence electrons. The zero-order chi connectivity index (χ0) is 20.9. The van der Waals surface area contributed by atoms with Crippen molar-refractivity contribution in [3.05, 3.63) is 66.9 Å². The molecule has 0 radical (unpaired) electrons. The Balaban J connectivity index is 1.62. The number of hydrogen-bond acceptors (Lipinski definition) is 5. The third-order valence-corrected chi connectivity index (χ3v) is 5.43. The van der Waals surface area contributed by atoms with E-state index in [0.717, 1.165) is 47.8 Å². The van der Waals surface area contributed by atoms with E-state index in [1.165, 1.54) is 0 Å². The van der Waals surface area contributed by atoms with Crippen molar-refractivity contribution >= 4 is 11.8 Å². The SMILES string of the molecule is CC1CN(c2cnc(-c3ccccc3)c(-c3ccccc3)n2)CCC1OCC(=O)O. The third kappa shape index (κ3) is 4.49. The van der Waals surface area contributed by atoms with Crippen LogP contribution in [0.2, 0.25) is 0 Å². The molecule has 6 heteroatoms. The van der Waals surface area contributed by atoms with Gasteiger partial charge in [0.25, 0.3) is 0 Å². The minimum Gasteiger partial charge on any atom is -0.480 e. The predicted molar refractivity (Wildman–Crippen MR) is 116 cm³/mol. The lowest BCUT2D eigenvalue weighted by molar-refractivity contribution is -0.145. The van der Waals surface area contributed by atoms with Crippen LogP contribution in [0.3, 0.4) is 0 Å². The van der Waals surface area contributed by atoms with Gasteiger partial charge in [0.2, 0.25) is 0 Å². The molecule has 0 bridgehead atoms. The summed E-state index contributed by atoms with van der Waals surface area (Å²) in [6.45, 7) is 3.33. The summed E-state index contributed by atoms with van der Waals surface area (Å²) in [5.41, 5.74) is 3.78. The van der Waals surface area contributed by atoms with E-state index >= 15 is 0 Å². The number of carboxylic acids is 1. The lowest BCUT2D eigenvalue weighted by atomic mass is 9.96. The fraction of sp³-hybridized carbons (Fsp3) is 0.292. The maximum absolute atomic E-state index is 10.8. The molecule has 1 aromatic heterocycles. The molecule has 2 heterocycles. The van der Waals surface area contributed by atoms with Crippen LogP contribution in [0.15, 0.2) is 66.9 Å². The second-order valence-electron chi connectivity index (χ2n) is 7.61. The Morgan fingerprint density at radius 3 is 2.30 bits per heavy atom. The number of piperidine rings is 1. The molecule has 0 aliphatic carbocycles. The zero-order valence-electron chi connectivity index (χ0n) is 16.9. The number of nitrogens with zero attached hydrogens (tertiary/aromatic N) is 3. The lowest BCUT2D eigenvalue weighted by Gasteiger charge is -2.37. The molecule has 2 unspecified atom stereocenters. The summed E-state index contributed by atoms with van der Waals surface area (Å²) in [5, 5.41) is 8.87. The molecule has 0 spiro atoms. The summed E-state index contributed by atoms with van der Waals surface area (Å²) >= 11 is 0. The first-order valence-corrected chi connectivity index (χ1v) is 10.2. The van der Waals surface area contributed by atoms with E-state index in [-0.39, 0.29) is 18.6 Å². The topological polar surface area (TPSA) is 75.5 Å². The van der Waals surface area contributed by atoms with Gasteiger partial charge in [0.1, 0.15) is 12.4 Å². The number of benzene rings is 2. The average Bonchev–Trinajstić information content (AvgIpc) is 2.79. The van der Waals surface area contributed by atoms with E-state index in [1.807, 2.05) is 54.7 Å². The molecule has 1 aliphatic heterocycles. The highest BCUT2D eigenvalue weighted by molar-refractivity contribution is 5.78.